The van der Waals surface area contributed by atoms with E-state index < -0.39 is 0 Å². The normalized spacial score (nSPS) is 16.8. The van der Waals surface area contributed by atoms with Crippen LogP contribution in [0.15, 0.2) is 48.1 Å². The summed E-state index contributed by atoms with van der Waals surface area (Å²) < 4.78 is 1.16. The van der Waals surface area contributed by atoms with Crippen molar-refractivity contribution in [3.8, 4) is 0 Å². The average Bonchev–Trinajstić information content (AvgIpc) is 3.33. The van der Waals surface area contributed by atoms with Crippen molar-refractivity contribution in [3.05, 3.63) is 53.8 Å². The van der Waals surface area contributed by atoms with Crippen molar-refractivity contribution >= 4 is 55.4 Å². The predicted molar refractivity (Wildman–Crippen MR) is 161 cm³/mol. The zero-order valence-electron chi connectivity index (χ0n) is 23.2. The van der Waals surface area contributed by atoms with Crippen LogP contribution in [0.1, 0.15) is 52.1 Å². The van der Waals surface area contributed by atoms with Gasteiger partial charge in [-0.15, -0.1) is 11.3 Å². The summed E-state index contributed by atoms with van der Waals surface area (Å²) in [7, 11) is 0. The number of anilines is 2. The molecular formula is C31H38N6OS. The zero-order chi connectivity index (χ0) is 27.0. The van der Waals surface area contributed by atoms with E-state index in [4.69, 9.17) is 0 Å². The van der Waals surface area contributed by atoms with E-state index in [1.54, 1.807) is 11.3 Å². The molecule has 204 valence electrons. The molecule has 1 aromatic carbocycles. The minimum absolute atomic E-state index is 0.163. The lowest BCUT2D eigenvalue weighted by Gasteiger charge is -2.33. The molecule has 2 aliphatic rings. The number of H-pyrrole nitrogens is 1. The summed E-state index contributed by atoms with van der Waals surface area (Å²) in [5.74, 6) is 0.969. The van der Waals surface area contributed by atoms with Gasteiger partial charge in [-0.25, -0.2) is 9.97 Å². The quantitative estimate of drug-likeness (QED) is 0.234. The number of hydrogen-bond acceptors (Lipinski definition) is 6. The molecule has 6 rings (SSSR count). The Morgan fingerprint density at radius 3 is 2.85 bits per heavy atom. The van der Waals surface area contributed by atoms with Gasteiger partial charge in [-0.05, 0) is 74.1 Å². The maximum atomic E-state index is 13.6. The number of aromatic nitrogens is 3. The smallest absolute Gasteiger partial charge is 0.230 e. The number of fused-ring (bicyclic) bond motifs is 2. The Hall–Kier alpha value is -3.23. The van der Waals surface area contributed by atoms with E-state index in [-0.39, 0.29) is 5.41 Å². The van der Waals surface area contributed by atoms with Gasteiger partial charge in [0, 0.05) is 49.1 Å². The molecule has 3 aromatic heterocycles. The fourth-order valence-electron chi connectivity index (χ4n) is 5.92. The Bertz CT molecular complexity index is 1510. The van der Waals surface area contributed by atoms with Crippen molar-refractivity contribution in [1.82, 2.24) is 24.8 Å². The first kappa shape index (κ1) is 26.0. The van der Waals surface area contributed by atoms with Crippen LogP contribution in [0.5, 0.6) is 0 Å². The van der Waals surface area contributed by atoms with Crippen LogP contribution in [0.3, 0.4) is 0 Å². The Balaban J connectivity index is 1.15. The third kappa shape index (κ3) is 5.45. The monoisotopic (exact) mass is 542 g/mol. The second-order valence-corrected chi connectivity index (χ2v) is 12.5. The van der Waals surface area contributed by atoms with Gasteiger partial charge in [0.1, 0.15) is 5.65 Å². The molecule has 4 heterocycles. The number of hydrogen-bond donors (Lipinski definition) is 2. The van der Waals surface area contributed by atoms with E-state index >= 15 is 0 Å². The molecule has 2 N–H and O–H groups in total. The first-order valence-electron chi connectivity index (χ1n) is 14.2. The van der Waals surface area contributed by atoms with E-state index in [0.29, 0.717) is 18.4 Å². The highest BCUT2D eigenvalue weighted by Crippen LogP contribution is 2.48. The van der Waals surface area contributed by atoms with E-state index in [2.05, 4.69) is 75.1 Å². The van der Waals surface area contributed by atoms with Crippen LogP contribution in [0.2, 0.25) is 0 Å². The molecule has 1 aliphatic heterocycles. The summed E-state index contributed by atoms with van der Waals surface area (Å²) in [6.07, 6.45) is 8.09. The molecule has 0 atom stereocenters. The lowest BCUT2D eigenvalue weighted by atomic mass is 9.99. The van der Waals surface area contributed by atoms with Crippen molar-refractivity contribution in [2.45, 2.75) is 46.5 Å². The number of nitrogens with zero attached hydrogens (tertiary/aromatic N) is 4. The SMILES string of the molecule is CCCN(CC(C)C)CC1(C(=O)N2CC=C(c3cc4c(Nc5ccc6ncsc6c5)ccnc4[nH]3)CC2)CC1. The number of pyridine rings is 1. The van der Waals surface area contributed by atoms with Crippen molar-refractivity contribution in [2.24, 2.45) is 11.3 Å². The molecule has 0 radical (unpaired) electrons. The van der Waals surface area contributed by atoms with Crippen LogP contribution in [-0.4, -0.2) is 63.4 Å². The molecule has 0 unspecified atom stereocenters. The molecule has 1 amide bonds. The van der Waals surface area contributed by atoms with Crippen LogP contribution >= 0.6 is 11.3 Å². The predicted octanol–water partition coefficient (Wildman–Crippen LogP) is 6.68. The maximum absolute atomic E-state index is 13.6. The highest BCUT2D eigenvalue weighted by Gasteiger charge is 2.52. The molecule has 4 aromatic rings. The summed E-state index contributed by atoms with van der Waals surface area (Å²) in [5.41, 5.74) is 8.00. The number of rotatable bonds is 10. The van der Waals surface area contributed by atoms with Gasteiger partial charge in [0.25, 0.3) is 0 Å². The lowest BCUT2D eigenvalue weighted by Crippen LogP contribution is -2.45. The molecule has 1 saturated carbocycles. The number of nitrogens with one attached hydrogen (secondary N) is 2. The van der Waals surface area contributed by atoms with Crippen molar-refractivity contribution in [1.29, 1.82) is 0 Å². The highest BCUT2D eigenvalue weighted by atomic mass is 32.1. The Morgan fingerprint density at radius 2 is 2.10 bits per heavy atom. The number of aromatic amines is 1. The molecule has 1 aliphatic carbocycles. The number of amides is 1. The Kier molecular flexibility index (Phi) is 7.16. The molecule has 7 nitrogen and oxygen atoms in total. The van der Waals surface area contributed by atoms with E-state index in [0.717, 1.165) is 90.2 Å². The summed E-state index contributed by atoms with van der Waals surface area (Å²) in [4.78, 5) is 30.7. The maximum Gasteiger partial charge on any atom is 0.230 e. The Labute approximate surface area is 234 Å². The van der Waals surface area contributed by atoms with E-state index in [9.17, 15) is 4.79 Å². The van der Waals surface area contributed by atoms with Crippen LogP contribution in [0.4, 0.5) is 11.4 Å². The van der Waals surface area contributed by atoms with Crippen LogP contribution in [0.25, 0.3) is 26.8 Å². The average molecular weight is 543 g/mol. The van der Waals surface area contributed by atoms with Gasteiger partial charge in [0.15, 0.2) is 0 Å². The van der Waals surface area contributed by atoms with Gasteiger partial charge in [-0.1, -0.05) is 26.8 Å². The molecule has 8 heteroatoms. The standard InChI is InChI=1S/C31H38N6OS/c1-4-13-36(18-21(2)3)19-31(10-11-31)30(38)37-14-8-22(9-15-37)27-17-24-25(7-12-32-29(24)35-27)34-23-5-6-26-28(16-23)39-20-33-26/h5-8,12,16-17,20-21H,4,9-11,13-15,18-19H2,1-3H3,(H2,32,34,35). The number of thiazole rings is 1. The minimum atomic E-state index is -0.163. The topological polar surface area (TPSA) is 77.2 Å². The first-order chi connectivity index (χ1) is 18.9. The van der Waals surface area contributed by atoms with Crippen molar-refractivity contribution in [3.63, 3.8) is 0 Å². The van der Waals surface area contributed by atoms with Gasteiger partial charge in [0.05, 0.1) is 26.8 Å². The molecule has 0 bridgehead atoms. The molecular weight excluding hydrogens is 504 g/mol. The molecule has 0 saturated heterocycles. The van der Waals surface area contributed by atoms with Crippen LogP contribution < -0.4 is 5.32 Å². The second kappa shape index (κ2) is 10.7. The van der Waals surface area contributed by atoms with Crippen molar-refractivity contribution < 1.29 is 4.79 Å². The summed E-state index contributed by atoms with van der Waals surface area (Å²) >= 11 is 1.65. The zero-order valence-corrected chi connectivity index (χ0v) is 24.0. The molecule has 1 fully saturated rings. The summed E-state index contributed by atoms with van der Waals surface area (Å²) in [6.45, 7) is 11.3. The first-order valence-corrected chi connectivity index (χ1v) is 15.1. The number of carbonyl (C=O) groups is 1. The fraction of sp³-hybridized carbons (Fsp3) is 0.452. The van der Waals surface area contributed by atoms with Gasteiger partial charge in [0.2, 0.25) is 5.91 Å². The highest BCUT2D eigenvalue weighted by molar-refractivity contribution is 7.16. The van der Waals surface area contributed by atoms with Crippen LogP contribution in [0, 0.1) is 11.3 Å². The van der Waals surface area contributed by atoms with Crippen molar-refractivity contribution in [2.75, 3.05) is 38.0 Å². The van der Waals surface area contributed by atoms with Gasteiger partial charge >= 0.3 is 0 Å². The van der Waals surface area contributed by atoms with E-state index in [1.807, 2.05) is 23.8 Å². The summed E-state index contributed by atoms with van der Waals surface area (Å²) in [5, 5.41) is 4.63. The minimum Gasteiger partial charge on any atom is -0.355 e. The number of carbonyl (C=O) groups excluding carboxylic acids is 1. The van der Waals surface area contributed by atoms with Gasteiger partial charge in [-0.2, -0.15) is 0 Å². The largest absolute Gasteiger partial charge is 0.355 e. The molecule has 39 heavy (non-hydrogen) atoms. The molecule has 0 spiro atoms. The third-order valence-electron chi connectivity index (χ3n) is 7.98. The second-order valence-electron chi connectivity index (χ2n) is 11.6. The fourth-order valence-corrected chi connectivity index (χ4v) is 6.63. The Morgan fingerprint density at radius 1 is 1.23 bits per heavy atom. The van der Waals surface area contributed by atoms with Crippen LogP contribution in [-0.2, 0) is 4.79 Å². The third-order valence-corrected chi connectivity index (χ3v) is 8.77. The lowest BCUT2D eigenvalue weighted by molar-refractivity contribution is -0.137. The summed E-state index contributed by atoms with van der Waals surface area (Å²) in [6, 6.07) is 10.5. The number of benzene rings is 1. The van der Waals surface area contributed by atoms with Gasteiger partial charge < -0.3 is 20.1 Å². The van der Waals surface area contributed by atoms with Gasteiger partial charge in [-0.3, -0.25) is 4.79 Å². The van der Waals surface area contributed by atoms with E-state index in [1.165, 1.54) is 5.57 Å².